The summed E-state index contributed by atoms with van der Waals surface area (Å²) in [6.07, 6.45) is 3.49. The van der Waals surface area contributed by atoms with Crippen molar-refractivity contribution >= 4 is 53.0 Å². The molecule has 14 N–H and O–H groups in total. The lowest BCUT2D eigenvalue weighted by molar-refractivity contribution is -0.135. The van der Waals surface area contributed by atoms with Crippen molar-refractivity contribution in [1.82, 2.24) is 31.6 Å². The molecule has 0 saturated heterocycles. The van der Waals surface area contributed by atoms with E-state index < -0.39 is 71.9 Å². The minimum atomic E-state index is -1.78. The van der Waals surface area contributed by atoms with Gasteiger partial charge in [0, 0.05) is 23.6 Å². The van der Waals surface area contributed by atoms with Crippen molar-refractivity contribution < 1.29 is 38.3 Å². The minimum absolute atomic E-state index is 0.0613. The van der Waals surface area contributed by atoms with Crippen LogP contribution in [0, 0.1) is 0 Å². The predicted molar refractivity (Wildman–Crippen MR) is 211 cm³/mol. The maximum absolute atomic E-state index is 13.3. The number of benzene rings is 2. The van der Waals surface area contributed by atoms with Crippen LogP contribution in [0.5, 0.6) is 0 Å². The first kappa shape index (κ1) is 44.0. The largest absolute Gasteiger partial charge is 0.438 e. The van der Waals surface area contributed by atoms with Gasteiger partial charge >= 0.3 is 0 Å². The molecule has 18 nitrogen and oxygen atoms in total. The molecule has 2 aromatic carbocycles. The zero-order chi connectivity index (χ0) is 41.6. The topological polar surface area (TPSA) is 313 Å². The second kappa shape index (κ2) is 21.0. The van der Waals surface area contributed by atoms with E-state index in [1.165, 1.54) is 6.92 Å². The number of nitrogens with two attached hydrogens (primary N) is 4. The van der Waals surface area contributed by atoms with Gasteiger partial charge in [0.25, 0.3) is 23.5 Å². The average molecular weight is 807 g/mol. The number of aliphatic hydroxyl groups excluding tert-OH is 1. The molecule has 0 aliphatic heterocycles. The molecule has 0 radical (unpaired) electrons. The van der Waals surface area contributed by atoms with E-state index in [0.29, 0.717) is 42.3 Å². The van der Waals surface area contributed by atoms with Gasteiger partial charge in [-0.2, -0.15) is 0 Å². The predicted octanol–water partition coefficient (Wildman–Crippen LogP) is -0.658. The van der Waals surface area contributed by atoms with Crippen molar-refractivity contribution in [2.75, 3.05) is 13.1 Å². The number of rotatable bonds is 19. The Morgan fingerprint density at radius 3 is 2.05 bits per heavy atom. The molecule has 5 amide bonds. The van der Waals surface area contributed by atoms with Crippen LogP contribution in [-0.4, -0.2) is 95.1 Å². The maximum atomic E-state index is 13.3. The number of Topliss-reactive ketones (excluding diaryl/α,β-unsaturated/α-hetero) is 1. The maximum Gasteiger partial charge on any atom is 0.267 e. The number of allylic oxidation sites excluding steroid dienone is 3. The van der Waals surface area contributed by atoms with E-state index in [1.54, 1.807) is 54.6 Å². The summed E-state index contributed by atoms with van der Waals surface area (Å²) in [5.41, 5.74) is 25.7. The molecule has 57 heavy (non-hydrogen) atoms. The number of hydrogen-bond acceptors (Lipinski definition) is 13. The Bertz CT molecular complexity index is 1970. The first-order valence-corrected chi connectivity index (χ1v) is 18.4. The van der Waals surface area contributed by atoms with Crippen LogP contribution in [-0.2, 0) is 25.6 Å². The van der Waals surface area contributed by atoms with E-state index in [4.69, 9.17) is 39.0 Å². The molecule has 1 aliphatic carbocycles. The third-order valence-electron chi connectivity index (χ3n) is 8.73. The second-order valence-electron chi connectivity index (χ2n) is 13.1. The summed E-state index contributed by atoms with van der Waals surface area (Å²) in [5.74, 6) is -5.11. The fraction of sp³-hybridized carbons (Fsp3) is 0.342. The molecule has 304 valence electrons. The van der Waals surface area contributed by atoms with Gasteiger partial charge in [0.05, 0.1) is 6.10 Å². The van der Waals surface area contributed by atoms with E-state index in [1.807, 2.05) is 18.2 Å². The Labute approximate surface area is 333 Å². The molecule has 3 aromatic rings. The Hall–Kier alpha value is -5.76. The Kier molecular flexibility index (Phi) is 16.2. The summed E-state index contributed by atoms with van der Waals surface area (Å²) in [5, 5.41) is 22.8. The zero-order valence-corrected chi connectivity index (χ0v) is 31.8. The third kappa shape index (κ3) is 12.4. The van der Waals surface area contributed by atoms with Crippen LogP contribution in [0.4, 0.5) is 0 Å². The molecule has 0 saturated carbocycles. The van der Waals surface area contributed by atoms with Crippen molar-refractivity contribution in [3.63, 3.8) is 0 Å². The van der Waals surface area contributed by atoms with Crippen LogP contribution in [0.2, 0.25) is 5.02 Å². The summed E-state index contributed by atoms with van der Waals surface area (Å²) < 4.78 is 5.55. The van der Waals surface area contributed by atoms with Crippen LogP contribution in [0.1, 0.15) is 58.7 Å². The SMILES string of the molecule is CC(O)C(NC(=O)C(CN)NC(=O)c1ccc(-c2ccc(Cl)cc2)cc1)C(=O)NC(N)C(=O)NC(CCCCN)C(=O)NC(N)C(=O)c1nc2c(o1)CC=CC=C2. The Morgan fingerprint density at radius 2 is 1.42 bits per heavy atom. The highest BCUT2D eigenvalue weighted by Gasteiger charge is 2.33. The van der Waals surface area contributed by atoms with Crippen molar-refractivity contribution in [1.29, 1.82) is 0 Å². The van der Waals surface area contributed by atoms with Gasteiger partial charge in [-0.05, 0) is 74.2 Å². The fourth-order valence-electron chi connectivity index (χ4n) is 5.52. The number of nitrogens with zero attached hydrogens (tertiary/aromatic N) is 1. The molecular formula is C38H47ClN10O8. The van der Waals surface area contributed by atoms with Gasteiger partial charge in [0.15, 0.2) is 6.17 Å². The van der Waals surface area contributed by atoms with E-state index in [-0.39, 0.29) is 24.4 Å². The van der Waals surface area contributed by atoms with E-state index in [2.05, 4.69) is 31.6 Å². The highest BCUT2D eigenvalue weighted by Crippen LogP contribution is 2.22. The lowest BCUT2D eigenvalue weighted by atomic mass is 10.0. The summed E-state index contributed by atoms with van der Waals surface area (Å²) in [4.78, 5) is 82.9. The van der Waals surface area contributed by atoms with Crippen LogP contribution in [0.3, 0.4) is 0 Å². The molecule has 1 heterocycles. The Balaban J connectivity index is 1.33. The van der Waals surface area contributed by atoms with Crippen molar-refractivity contribution in [3.05, 3.63) is 94.7 Å². The van der Waals surface area contributed by atoms with E-state index >= 15 is 0 Å². The summed E-state index contributed by atoms with van der Waals surface area (Å²) in [7, 11) is 0. The highest BCUT2D eigenvalue weighted by atomic mass is 35.5. The molecule has 4 rings (SSSR count). The molecule has 6 unspecified atom stereocenters. The monoisotopic (exact) mass is 806 g/mol. The van der Waals surface area contributed by atoms with Gasteiger partial charge in [-0.1, -0.05) is 54.1 Å². The second-order valence-corrected chi connectivity index (χ2v) is 13.5. The third-order valence-corrected chi connectivity index (χ3v) is 8.98. The molecular weight excluding hydrogens is 760 g/mol. The lowest BCUT2D eigenvalue weighted by Gasteiger charge is -2.26. The normalized spacial score (nSPS) is 15.1. The summed E-state index contributed by atoms with van der Waals surface area (Å²) >= 11 is 5.96. The van der Waals surface area contributed by atoms with Gasteiger partial charge in [-0.3, -0.25) is 28.8 Å². The van der Waals surface area contributed by atoms with Crippen molar-refractivity contribution in [3.8, 4) is 11.1 Å². The van der Waals surface area contributed by atoms with Crippen LogP contribution < -0.4 is 49.5 Å². The fourth-order valence-corrected chi connectivity index (χ4v) is 5.64. The number of ketones is 1. The highest BCUT2D eigenvalue weighted by molar-refractivity contribution is 6.30. The van der Waals surface area contributed by atoms with Gasteiger partial charge in [-0.15, -0.1) is 0 Å². The molecule has 1 aromatic heterocycles. The first-order valence-electron chi connectivity index (χ1n) is 18.1. The number of hydrogen-bond donors (Lipinski definition) is 10. The number of fused-ring (bicyclic) bond motifs is 1. The molecule has 19 heteroatoms. The quantitative estimate of drug-likeness (QED) is 0.0409. The van der Waals surface area contributed by atoms with Crippen molar-refractivity contribution in [2.45, 2.75) is 69.2 Å². The minimum Gasteiger partial charge on any atom is -0.438 e. The number of nitrogens with one attached hydrogen (secondary N) is 5. The summed E-state index contributed by atoms with van der Waals surface area (Å²) in [6.45, 7) is 1.14. The van der Waals surface area contributed by atoms with Gasteiger partial charge in [-0.25, -0.2) is 4.98 Å². The summed E-state index contributed by atoms with van der Waals surface area (Å²) in [6, 6.07) is 9.45. The number of halogens is 1. The number of aliphatic hydroxyl groups is 1. The molecule has 1 aliphatic rings. The zero-order valence-electron chi connectivity index (χ0n) is 31.1. The van der Waals surface area contributed by atoms with Gasteiger partial charge in [0.2, 0.25) is 17.7 Å². The van der Waals surface area contributed by atoms with Crippen LogP contribution >= 0.6 is 11.6 Å². The number of amides is 5. The van der Waals surface area contributed by atoms with Gasteiger partial charge < -0.3 is 59.0 Å². The molecule has 0 bridgehead atoms. The molecule has 6 atom stereocenters. The number of carbonyl (C=O) groups excluding carboxylic acids is 6. The number of unbranched alkanes of at least 4 members (excludes halogenated alkanes) is 1. The number of oxazole rings is 1. The first-order chi connectivity index (χ1) is 27.2. The average Bonchev–Trinajstić information content (AvgIpc) is 3.47. The smallest absolute Gasteiger partial charge is 0.267 e. The molecule has 0 fully saturated rings. The van der Waals surface area contributed by atoms with E-state index in [9.17, 15) is 33.9 Å². The number of aromatic nitrogens is 1. The Morgan fingerprint density at radius 1 is 0.789 bits per heavy atom. The van der Waals surface area contributed by atoms with Gasteiger partial charge in [0.1, 0.15) is 35.7 Å². The lowest BCUT2D eigenvalue weighted by Crippen LogP contribution is -2.63. The van der Waals surface area contributed by atoms with E-state index in [0.717, 1.165) is 11.1 Å². The van der Waals surface area contributed by atoms with Crippen molar-refractivity contribution in [2.24, 2.45) is 22.9 Å². The number of carbonyl (C=O) groups is 6. The van der Waals surface area contributed by atoms with Crippen LogP contribution in [0.15, 0.2) is 71.2 Å². The standard InChI is InChI=1S/C38H47ClN10O8/c1-20(50)29(47-35(54)27(19-41)45-33(52)23-12-10-21(11-13-23)22-14-16-24(39)17-15-22)36(55)49-32(43)37(56)44-26(8-5-6-18-40)34(53)48-31(42)30(51)38-46-25-7-3-2-4-9-28(25)57-38/h2-4,7,10-17,20,26-27,29,31-32,50H,5-6,8-9,18-19,40-43H2,1H3,(H,44,56)(H,45,52)(H,47,54)(H,48,53)(H,49,55). The van der Waals surface area contributed by atoms with Crippen LogP contribution in [0.25, 0.3) is 17.2 Å². The molecule has 0 spiro atoms.